The van der Waals surface area contributed by atoms with Crippen molar-refractivity contribution in [2.45, 2.75) is 39.8 Å². The maximum absolute atomic E-state index is 12.2. The van der Waals surface area contributed by atoms with Gasteiger partial charge in [0.05, 0.1) is 18.8 Å². The first-order valence-electron chi connectivity index (χ1n) is 10.1. The van der Waals surface area contributed by atoms with E-state index in [-0.39, 0.29) is 24.6 Å². The molecule has 0 radical (unpaired) electrons. The Morgan fingerprint density at radius 2 is 1.87 bits per heavy atom. The van der Waals surface area contributed by atoms with Gasteiger partial charge < -0.3 is 24.3 Å². The highest BCUT2D eigenvalue weighted by atomic mass is 16.5. The second-order valence-electron chi connectivity index (χ2n) is 6.94. The molecule has 1 aliphatic heterocycles. The third-order valence-electron chi connectivity index (χ3n) is 4.59. The molecule has 7 nitrogen and oxygen atoms in total. The quantitative estimate of drug-likeness (QED) is 0.636. The summed E-state index contributed by atoms with van der Waals surface area (Å²) < 4.78 is 22.0. The molecule has 160 valence electrons. The summed E-state index contributed by atoms with van der Waals surface area (Å²) in [7, 11) is 0. The summed E-state index contributed by atoms with van der Waals surface area (Å²) in [5.41, 5.74) is 2.41. The smallest absolute Gasteiger partial charge is 0.338 e. The molecule has 0 aliphatic carbocycles. The van der Waals surface area contributed by atoms with Gasteiger partial charge in [-0.1, -0.05) is 0 Å². The van der Waals surface area contributed by atoms with Crippen molar-refractivity contribution in [2.75, 3.05) is 19.8 Å². The molecule has 0 saturated heterocycles. The molecule has 0 unspecified atom stereocenters. The molecule has 0 spiro atoms. The summed E-state index contributed by atoms with van der Waals surface area (Å²) in [4.78, 5) is 23.9. The summed E-state index contributed by atoms with van der Waals surface area (Å²) in [5, 5.41) is 2.84. The number of nitrogens with one attached hydrogen (secondary N) is 1. The topological polar surface area (TPSA) is 83.1 Å². The number of fused-ring (bicyclic) bond motifs is 1. The average molecular weight is 413 g/mol. The third kappa shape index (κ3) is 5.43. The zero-order valence-corrected chi connectivity index (χ0v) is 17.5. The van der Waals surface area contributed by atoms with E-state index in [0.29, 0.717) is 31.1 Å². The molecule has 1 amide bonds. The number of carbonyl (C=O) groups excluding carboxylic acids is 2. The largest absolute Gasteiger partial charge is 0.494 e. The third-order valence-corrected chi connectivity index (χ3v) is 4.59. The maximum Gasteiger partial charge on any atom is 0.338 e. The first kappa shape index (κ1) is 21.5. The monoisotopic (exact) mass is 413 g/mol. The fraction of sp³-hybridized carbons (Fsp3) is 0.391. The van der Waals surface area contributed by atoms with Crippen LogP contribution in [-0.2, 0) is 22.5 Å². The van der Waals surface area contributed by atoms with Crippen LogP contribution in [0.4, 0.5) is 0 Å². The van der Waals surface area contributed by atoms with Crippen molar-refractivity contribution in [1.29, 1.82) is 0 Å². The van der Waals surface area contributed by atoms with Crippen molar-refractivity contribution in [1.82, 2.24) is 5.32 Å². The van der Waals surface area contributed by atoms with E-state index >= 15 is 0 Å². The van der Waals surface area contributed by atoms with E-state index in [2.05, 4.69) is 5.32 Å². The lowest BCUT2D eigenvalue weighted by atomic mass is 10.1. The summed E-state index contributed by atoms with van der Waals surface area (Å²) in [6.07, 6.45) is 0.994. The van der Waals surface area contributed by atoms with Crippen molar-refractivity contribution in [3.8, 4) is 17.2 Å². The molecule has 2 aromatic carbocycles. The Morgan fingerprint density at radius 3 is 2.57 bits per heavy atom. The van der Waals surface area contributed by atoms with Crippen molar-refractivity contribution in [3.05, 3.63) is 53.1 Å². The summed E-state index contributed by atoms with van der Waals surface area (Å²) >= 11 is 0. The Bertz CT molecular complexity index is 893. The van der Waals surface area contributed by atoms with Crippen LogP contribution in [0.3, 0.4) is 0 Å². The normalized spacial score (nSPS) is 14.4. The molecule has 1 N–H and O–H groups in total. The van der Waals surface area contributed by atoms with Gasteiger partial charge in [-0.3, -0.25) is 4.79 Å². The summed E-state index contributed by atoms with van der Waals surface area (Å²) in [6.45, 7) is 6.74. The van der Waals surface area contributed by atoms with Gasteiger partial charge in [0.1, 0.15) is 23.4 Å². The predicted molar refractivity (Wildman–Crippen MR) is 111 cm³/mol. The van der Waals surface area contributed by atoms with Crippen LogP contribution in [0.5, 0.6) is 17.2 Å². The minimum atomic E-state index is -0.389. The maximum atomic E-state index is 12.2. The fourth-order valence-electron chi connectivity index (χ4n) is 3.20. The van der Waals surface area contributed by atoms with Gasteiger partial charge in [0.2, 0.25) is 0 Å². The molecule has 0 aromatic heterocycles. The number of hydrogen-bond donors (Lipinski definition) is 1. The number of benzene rings is 2. The first-order chi connectivity index (χ1) is 14.5. The number of hydrogen-bond acceptors (Lipinski definition) is 6. The van der Waals surface area contributed by atoms with E-state index < -0.39 is 0 Å². The van der Waals surface area contributed by atoms with Crippen molar-refractivity contribution >= 4 is 11.9 Å². The van der Waals surface area contributed by atoms with E-state index in [9.17, 15) is 9.59 Å². The van der Waals surface area contributed by atoms with Crippen molar-refractivity contribution < 1.29 is 28.5 Å². The van der Waals surface area contributed by atoms with Crippen LogP contribution in [0.2, 0.25) is 0 Å². The second-order valence-corrected chi connectivity index (χ2v) is 6.94. The van der Waals surface area contributed by atoms with E-state index in [1.165, 1.54) is 0 Å². The Kier molecular flexibility index (Phi) is 7.17. The molecule has 0 fully saturated rings. The highest BCUT2D eigenvalue weighted by Gasteiger charge is 2.22. The van der Waals surface area contributed by atoms with Crippen LogP contribution in [0.25, 0.3) is 0 Å². The molecule has 3 rings (SSSR count). The van der Waals surface area contributed by atoms with Crippen LogP contribution in [0, 0.1) is 0 Å². The molecule has 30 heavy (non-hydrogen) atoms. The van der Waals surface area contributed by atoms with E-state index in [1.54, 1.807) is 31.2 Å². The Balaban J connectivity index is 1.53. The zero-order chi connectivity index (χ0) is 21.5. The van der Waals surface area contributed by atoms with Gasteiger partial charge in [-0.2, -0.15) is 0 Å². The molecule has 0 saturated carbocycles. The number of esters is 1. The molecular formula is C23H27NO6. The summed E-state index contributed by atoms with van der Waals surface area (Å²) in [6, 6.07) is 10.4. The lowest BCUT2D eigenvalue weighted by Gasteiger charge is -2.13. The van der Waals surface area contributed by atoms with Crippen molar-refractivity contribution in [3.63, 3.8) is 0 Å². The van der Waals surface area contributed by atoms with Gasteiger partial charge in [-0.05, 0) is 57.2 Å². The van der Waals surface area contributed by atoms with Gasteiger partial charge >= 0.3 is 5.97 Å². The Hall–Kier alpha value is -3.22. The molecule has 1 aliphatic rings. The standard InChI is InChI=1S/C23H27NO6/c1-4-27-20-11-17-10-15(3)30-21(17)12-18(20)13-24-22(25)14-29-19-8-6-16(7-9-19)23(26)28-5-2/h6-9,11-12,15H,4-5,10,13-14H2,1-3H3,(H,24,25)/t15-/m1/s1. The first-order valence-corrected chi connectivity index (χ1v) is 10.1. The van der Waals surface area contributed by atoms with Gasteiger partial charge in [-0.25, -0.2) is 4.79 Å². The number of rotatable bonds is 9. The second kappa shape index (κ2) is 10.0. The van der Waals surface area contributed by atoms with E-state index in [4.69, 9.17) is 18.9 Å². The fourth-order valence-corrected chi connectivity index (χ4v) is 3.20. The van der Waals surface area contributed by atoms with Gasteiger partial charge in [0.25, 0.3) is 5.91 Å². The van der Waals surface area contributed by atoms with Crippen LogP contribution in [0.15, 0.2) is 36.4 Å². The van der Waals surface area contributed by atoms with Crippen LogP contribution in [-0.4, -0.2) is 37.8 Å². The minimum Gasteiger partial charge on any atom is -0.494 e. The van der Waals surface area contributed by atoms with Crippen LogP contribution in [0.1, 0.15) is 42.3 Å². The molecular weight excluding hydrogens is 386 g/mol. The summed E-state index contributed by atoms with van der Waals surface area (Å²) in [5.74, 6) is 1.44. The Morgan fingerprint density at radius 1 is 1.10 bits per heavy atom. The van der Waals surface area contributed by atoms with Gasteiger partial charge in [0.15, 0.2) is 6.61 Å². The van der Waals surface area contributed by atoms with Crippen molar-refractivity contribution in [2.24, 2.45) is 0 Å². The lowest BCUT2D eigenvalue weighted by molar-refractivity contribution is -0.123. The highest BCUT2D eigenvalue weighted by Crippen LogP contribution is 2.35. The SMILES string of the molecule is CCOC(=O)c1ccc(OCC(=O)NCc2cc3c(cc2OCC)C[C@@H](C)O3)cc1. The molecule has 2 aromatic rings. The van der Waals surface area contributed by atoms with Gasteiger partial charge in [0, 0.05) is 24.1 Å². The van der Waals surface area contributed by atoms with Gasteiger partial charge in [-0.15, -0.1) is 0 Å². The Labute approximate surface area is 176 Å². The molecule has 1 atom stereocenters. The molecule has 7 heteroatoms. The molecule has 1 heterocycles. The number of carbonyl (C=O) groups is 2. The highest BCUT2D eigenvalue weighted by molar-refractivity contribution is 5.89. The number of ether oxygens (including phenoxy) is 4. The lowest BCUT2D eigenvalue weighted by Crippen LogP contribution is -2.28. The van der Waals surface area contributed by atoms with E-state index in [1.807, 2.05) is 26.0 Å². The van der Waals surface area contributed by atoms with Crippen LogP contribution < -0.4 is 19.5 Å². The minimum absolute atomic E-state index is 0.138. The van der Waals surface area contributed by atoms with E-state index in [0.717, 1.165) is 29.0 Å². The number of amides is 1. The zero-order valence-electron chi connectivity index (χ0n) is 17.5. The molecule has 0 bridgehead atoms. The average Bonchev–Trinajstić information content (AvgIpc) is 3.10. The van der Waals surface area contributed by atoms with Crippen LogP contribution >= 0.6 is 0 Å². The predicted octanol–water partition coefficient (Wildman–Crippen LogP) is 3.28.